The lowest BCUT2D eigenvalue weighted by molar-refractivity contribution is -0.121. The molecular weight excluding hydrogens is 290 g/mol. The van der Waals surface area contributed by atoms with Gasteiger partial charge in [0.15, 0.2) is 0 Å². The molecule has 1 aromatic carbocycles. The fourth-order valence-electron chi connectivity index (χ4n) is 2.61. The Morgan fingerprint density at radius 2 is 2.09 bits per heavy atom. The fraction of sp³-hybridized carbons (Fsp3) is 0.500. The van der Waals surface area contributed by atoms with Gasteiger partial charge in [-0.2, -0.15) is 0 Å². The standard InChI is InChI=1S/C18H25N3O2/c1-3-4-5-8-14(2)20-17(22)11-12-21-13-19-16-10-7-6-9-15(16)18(21)23/h6-7,9-10,13-14H,3-5,8,11-12H2,1-2H3,(H,20,22). The van der Waals surface area contributed by atoms with Crippen molar-refractivity contribution in [1.82, 2.24) is 14.9 Å². The van der Waals surface area contributed by atoms with Gasteiger partial charge in [-0.25, -0.2) is 4.98 Å². The molecule has 124 valence electrons. The van der Waals surface area contributed by atoms with Crippen LogP contribution in [-0.2, 0) is 11.3 Å². The third kappa shape index (κ3) is 4.91. The SMILES string of the molecule is CCCCCC(C)NC(=O)CCn1cnc2ccccc2c1=O. The minimum absolute atomic E-state index is 0.0194. The Morgan fingerprint density at radius 3 is 2.87 bits per heavy atom. The van der Waals surface area contributed by atoms with E-state index < -0.39 is 0 Å². The fourth-order valence-corrected chi connectivity index (χ4v) is 2.61. The minimum Gasteiger partial charge on any atom is -0.354 e. The number of benzene rings is 1. The van der Waals surface area contributed by atoms with E-state index in [1.165, 1.54) is 23.7 Å². The third-order valence-corrected chi connectivity index (χ3v) is 3.96. The summed E-state index contributed by atoms with van der Waals surface area (Å²) in [6, 6.07) is 7.43. The Balaban J connectivity index is 1.89. The second-order valence-electron chi connectivity index (χ2n) is 5.97. The van der Waals surface area contributed by atoms with E-state index in [0.29, 0.717) is 17.4 Å². The summed E-state index contributed by atoms with van der Waals surface area (Å²) in [6.45, 7) is 4.54. The van der Waals surface area contributed by atoms with Crippen LogP contribution in [-0.4, -0.2) is 21.5 Å². The lowest BCUT2D eigenvalue weighted by atomic mass is 10.1. The molecular formula is C18H25N3O2. The highest BCUT2D eigenvalue weighted by Crippen LogP contribution is 2.05. The zero-order valence-electron chi connectivity index (χ0n) is 13.9. The first-order valence-corrected chi connectivity index (χ1v) is 8.35. The van der Waals surface area contributed by atoms with Gasteiger partial charge in [0, 0.05) is 19.0 Å². The Morgan fingerprint density at radius 1 is 1.30 bits per heavy atom. The minimum atomic E-state index is -0.0978. The van der Waals surface area contributed by atoms with Crippen molar-refractivity contribution in [3.63, 3.8) is 0 Å². The average Bonchev–Trinajstić information content (AvgIpc) is 2.55. The van der Waals surface area contributed by atoms with Gasteiger partial charge in [0.1, 0.15) is 0 Å². The Labute approximate surface area is 136 Å². The first-order chi connectivity index (χ1) is 11.1. The average molecular weight is 315 g/mol. The van der Waals surface area contributed by atoms with Crippen molar-refractivity contribution in [2.75, 3.05) is 0 Å². The van der Waals surface area contributed by atoms with Gasteiger partial charge in [-0.1, -0.05) is 38.3 Å². The number of amides is 1. The molecule has 0 aliphatic rings. The summed E-state index contributed by atoms with van der Waals surface area (Å²) in [7, 11) is 0. The van der Waals surface area contributed by atoms with Crippen LogP contribution in [0.15, 0.2) is 35.4 Å². The van der Waals surface area contributed by atoms with E-state index in [9.17, 15) is 9.59 Å². The van der Waals surface area contributed by atoms with Crippen LogP contribution < -0.4 is 10.9 Å². The van der Waals surface area contributed by atoms with Crippen molar-refractivity contribution in [1.29, 1.82) is 0 Å². The lowest BCUT2D eigenvalue weighted by Gasteiger charge is -2.14. The van der Waals surface area contributed by atoms with E-state index in [4.69, 9.17) is 0 Å². The summed E-state index contributed by atoms with van der Waals surface area (Å²) in [4.78, 5) is 28.6. The Hall–Kier alpha value is -2.17. The number of nitrogens with one attached hydrogen (secondary N) is 1. The molecule has 2 rings (SSSR count). The summed E-state index contributed by atoms with van der Waals surface area (Å²) >= 11 is 0. The van der Waals surface area contributed by atoms with E-state index in [0.717, 1.165) is 12.8 Å². The Kier molecular flexibility index (Phi) is 6.32. The van der Waals surface area contributed by atoms with Crippen LogP contribution in [0.2, 0.25) is 0 Å². The van der Waals surface area contributed by atoms with E-state index in [1.54, 1.807) is 6.07 Å². The number of hydrogen-bond acceptors (Lipinski definition) is 3. The van der Waals surface area contributed by atoms with Crippen LogP contribution in [0, 0.1) is 0 Å². The molecule has 0 bridgehead atoms. The van der Waals surface area contributed by atoms with Gasteiger partial charge >= 0.3 is 0 Å². The van der Waals surface area contributed by atoms with Crippen molar-refractivity contribution in [3.05, 3.63) is 40.9 Å². The molecule has 5 heteroatoms. The first-order valence-electron chi connectivity index (χ1n) is 8.35. The zero-order valence-corrected chi connectivity index (χ0v) is 13.9. The van der Waals surface area contributed by atoms with Crippen molar-refractivity contribution in [2.24, 2.45) is 0 Å². The van der Waals surface area contributed by atoms with Crippen LogP contribution >= 0.6 is 0 Å². The molecule has 1 amide bonds. The number of nitrogens with zero attached hydrogens (tertiary/aromatic N) is 2. The van der Waals surface area contributed by atoms with Crippen LogP contribution in [0.25, 0.3) is 10.9 Å². The number of rotatable bonds is 8. The Bertz CT molecular complexity index is 709. The quantitative estimate of drug-likeness (QED) is 0.762. The molecule has 0 radical (unpaired) electrons. The number of para-hydroxylation sites is 1. The van der Waals surface area contributed by atoms with E-state index in [1.807, 2.05) is 25.1 Å². The largest absolute Gasteiger partial charge is 0.354 e. The highest BCUT2D eigenvalue weighted by Gasteiger charge is 2.09. The van der Waals surface area contributed by atoms with E-state index in [2.05, 4.69) is 17.2 Å². The molecule has 1 unspecified atom stereocenters. The molecule has 1 heterocycles. The van der Waals surface area contributed by atoms with E-state index in [-0.39, 0.29) is 23.9 Å². The topological polar surface area (TPSA) is 64.0 Å². The van der Waals surface area contributed by atoms with Crippen LogP contribution in [0.4, 0.5) is 0 Å². The highest BCUT2D eigenvalue weighted by molar-refractivity contribution is 5.77. The monoisotopic (exact) mass is 315 g/mol. The molecule has 0 saturated heterocycles. The predicted octanol–water partition coefficient (Wildman–Crippen LogP) is 2.87. The second kappa shape index (κ2) is 8.46. The zero-order chi connectivity index (χ0) is 16.7. The molecule has 0 saturated carbocycles. The number of fused-ring (bicyclic) bond motifs is 1. The molecule has 2 aromatic rings. The predicted molar refractivity (Wildman–Crippen MR) is 92.4 cm³/mol. The number of aromatic nitrogens is 2. The van der Waals surface area contributed by atoms with Gasteiger partial charge in [0.05, 0.1) is 17.2 Å². The maximum absolute atomic E-state index is 12.3. The maximum Gasteiger partial charge on any atom is 0.261 e. The van der Waals surface area contributed by atoms with Crippen molar-refractivity contribution in [2.45, 2.75) is 58.5 Å². The summed E-state index contributed by atoms with van der Waals surface area (Å²) in [5, 5.41) is 3.58. The number of carbonyl (C=O) groups excluding carboxylic acids is 1. The number of aryl methyl sites for hydroxylation is 1. The van der Waals surface area contributed by atoms with E-state index >= 15 is 0 Å². The number of unbranched alkanes of at least 4 members (excludes halogenated alkanes) is 2. The molecule has 1 atom stereocenters. The van der Waals surface area contributed by atoms with Crippen molar-refractivity contribution in [3.8, 4) is 0 Å². The highest BCUT2D eigenvalue weighted by atomic mass is 16.2. The molecule has 0 aliphatic heterocycles. The number of carbonyl (C=O) groups is 1. The third-order valence-electron chi connectivity index (χ3n) is 3.96. The number of hydrogen-bond donors (Lipinski definition) is 1. The molecule has 0 fully saturated rings. The van der Waals surface area contributed by atoms with Gasteiger partial charge in [0.2, 0.25) is 5.91 Å². The normalized spacial score (nSPS) is 12.3. The van der Waals surface area contributed by atoms with Gasteiger partial charge < -0.3 is 5.32 Å². The first kappa shape index (κ1) is 17.2. The summed E-state index contributed by atoms with van der Waals surface area (Å²) in [5.74, 6) is -0.0194. The lowest BCUT2D eigenvalue weighted by Crippen LogP contribution is -2.34. The van der Waals surface area contributed by atoms with Crippen molar-refractivity contribution < 1.29 is 4.79 Å². The van der Waals surface area contributed by atoms with Gasteiger partial charge in [-0.3, -0.25) is 14.2 Å². The van der Waals surface area contributed by atoms with Gasteiger partial charge in [-0.05, 0) is 25.5 Å². The van der Waals surface area contributed by atoms with Crippen LogP contribution in [0.3, 0.4) is 0 Å². The second-order valence-corrected chi connectivity index (χ2v) is 5.97. The molecule has 0 aliphatic carbocycles. The van der Waals surface area contributed by atoms with Crippen LogP contribution in [0.5, 0.6) is 0 Å². The molecule has 5 nitrogen and oxygen atoms in total. The van der Waals surface area contributed by atoms with Crippen LogP contribution in [0.1, 0.15) is 46.0 Å². The molecule has 0 spiro atoms. The maximum atomic E-state index is 12.3. The van der Waals surface area contributed by atoms with Gasteiger partial charge in [-0.15, -0.1) is 0 Å². The van der Waals surface area contributed by atoms with Crippen molar-refractivity contribution >= 4 is 16.8 Å². The summed E-state index contributed by atoms with van der Waals surface area (Å²) in [5.41, 5.74) is 0.585. The smallest absolute Gasteiger partial charge is 0.261 e. The summed E-state index contributed by atoms with van der Waals surface area (Å²) < 4.78 is 1.50. The van der Waals surface area contributed by atoms with Gasteiger partial charge in [0.25, 0.3) is 5.56 Å². The molecule has 23 heavy (non-hydrogen) atoms. The molecule has 1 aromatic heterocycles. The molecule has 1 N–H and O–H groups in total. The summed E-state index contributed by atoms with van der Waals surface area (Å²) in [6.07, 6.45) is 6.31.